The molecule has 0 aromatic heterocycles. The predicted molar refractivity (Wildman–Crippen MR) is 61.5 cm³/mol. The molecule has 0 aliphatic rings. The topological polar surface area (TPSA) is 80.0 Å². The minimum atomic E-state index is -2.36. The molecular weight excluding hydrogens is 229 g/mol. The summed E-state index contributed by atoms with van der Waals surface area (Å²) in [6.45, 7) is 7.87. The van der Waals surface area contributed by atoms with E-state index >= 15 is 0 Å². The van der Waals surface area contributed by atoms with Crippen molar-refractivity contribution in [3.63, 3.8) is 0 Å². The van der Waals surface area contributed by atoms with E-state index in [-0.39, 0.29) is 25.1 Å². The lowest BCUT2D eigenvalue weighted by atomic mass is 10.3. The number of hydrazine groups is 1. The van der Waals surface area contributed by atoms with E-state index in [0.717, 1.165) is 4.94 Å². The molecule has 2 N–H and O–H groups in total. The highest BCUT2D eigenvalue weighted by atomic mass is 31.2. The first-order chi connectivity index (χ1) is 7.41. The monoisotopic (exact) mass is 249 g/mol. The Kier molecular flexibility index (Phi) is 7.77. The van der Waals surface area contributed by atoms with Crippen LogP contribution in [0.25, 0.3) is 0 Å². The van der Waals surface area contributed by atoms with Crippen LogP contribution < -0.4 is 0 Å². The number of nitriles is 1. The van der Waals surface area contributed by atoms with Gasteiger partial charge in [0, 0.05) is 12.1 Å². The number of rotatable bonds is 7. The third-order valence-corrected chi connectivity index (χ3v) is 2.46. The van der Waals surface area contributed by atoms with Gasteiger partial charge in [0.1, 0.15) is 0 Å². The molecule has 0 saturated carbocycles. The van der Waals surface area contributed by atoms with Gasteiger partial charge in [0.25, 0.3) is 8.53 Å². The molecule has 0 heterocycles. The van der Waals surface area contributed by atoms with Gasteiger partial charge in [-0.3, -0.25) is 4.84 Å². The van der Waals surface area contributed by atoms with E-state index in [9.17, 15) is 9.79 Å². The smallest absolute Gasteiger partial charge is 0.294 e. The van der Waals surface area contributed by atoms with Crippen LogP contribution in [0.5, 0.6) is 0 Å². The molecule has 0 unspecified atom stereocenters. The standard InChI is InChI=1S/C9H20N3O3P/c1-8(2)11(9(3)4)12(16(13)14)15-7-5-6-10/h8-9,13-14H,5,7H2,1-4H3. The van der Waals surface area contributed by atoms with Crippen molar-refractivity contribution in [2.45, 2.75) is 46.2 Å². The molecule has 0 radical (unpaired) electrons. The number of nitrogens with zero attached hydrogens (tertiary/aromatic N) is 3. The molecule has 0 saturated heterocycles. The van der Waals surface area contributed by atoms with Crippen LogP contribution in [0.2, 0.25) is 0 Å². The van der Waals surface area contributed by atoms with Crippen LogP contribution in [0.3, 0.4) is 0 Å². The Morgan fingerprint density at radius 3 is 2.06 bits per heavy atom. The van der Waals surface area contributed by atoms with Crippen molar-refractivity contribution < 1.29 is 14.6 Å². The van der Waals surface area contributed by atoms with Gasteiger partial charge < -0.3 is 9.79 Å². The SMILES string of the molecule is CC(C)N(C(C)C)N(OCCC#N)P(O)O. The van der Waals surface area contributed by atoms with Gasteiger partial charge in [-0.2, -0.15) is 5.26 Å². The molecule has 0 amide bonds. The van der Waals surface area contributed by atoms with Crippen molar-refractivity contribution in [2.75, 3.05) is 6.61 Å². The zero-order valence-corrected chi connectivity index (χ0v) is 11.1. The molecule has 0 fully saturated rings. The summed E-state index contributed by atoms with van der Waals surface area (Å²) in [5.74, 6) is 0. The molecule has 0 aliphatic heterocycles. The first-order valence-electron chi connectivity index (χ1n) is 5.17. The van der Waals surface area contributed by atoms with Crippen molar-refractivity contribution >= 4 is 8.53 Å². The summed E-state index contributed by atoms with van der Waals surface area (Å²) in [6.07, 6.45) is 0.212. The van der Waals surface area contributed by atoms with E-state index < -0.39 is 8.53 Å². The summed E-state index contributed by atoms with van der Waals surface area (Å²) in [4.78, 5) is 24.8. The molecule has 0 aliphatic carbocycles. The van der Waals surface area contributed by atoms with E-state index in [0.29, 0.717) is 0 Å². The largest absolute Gasteiger partial charge is 0.336 e. The van der Waals surface area contributed by atoms with Crippen LogP contribution >= 0.6 is 8.53 Å². The molecule has 0 aromatic rings. The van der Waals surface area contributed by atoms with Gasteiger partial charge in [-0.1, -0.05) is 0 Å². The molecule has 6 nitrogen and oxygen atoms in total. The number of hydrogen-bond acceptors (Lipinski definition) is 6. The van der Waals surface area contributed by atoms with Gasteiger partial charge in [-0.25, -0.2) is 5.01 Å². The molecule has 0 bridgehead atoms. The van der Waals surface area contributed by atoms with E-state index in [1.165, 1.54) is 0 Å². The Balaban J connectivity index is 4.53. The quantitative estimate of drug-likeness (QED) is 0.403. The summed E-state index contributed by atoms with van der Waals surface area (Å²) < 4.78 is 0. The minimum absolute atomic E-state index is 0.0754. The zero-order chi connectivity index (χ0) is 12.7. The lowest BCUT2D eigenvalue weighted by molar-refractivity contribution is -0.244. The third-order valence-electron chi connectivity index (χ3n) is 1.83. The van der Waals surface area contributed by atoms with Crippen LogP contribution in [-0.4, -0.2) is 38.4 Å². The Morgan fingerprint density at radius 1 is 1.25 bits per heavy atom. The van der Waals surface area contributed by atoms with Crippen molar-refractivity contribution in [1.29, 1.82) is 5.26 Å². The van der Waals surface area contributed by atoms with Crippen LogP contribution in [-0.2, 0) is 4.84 Å². The van der Waals surface area contributed by atoms with Gasteiger partial charge in [0.05, 0.1) is 19.1 Å². The maximum atomic E-state index is 9.28. The molecule has 7 heteroatoms. The fourth-order valence-electron chi connectivity index (χ4n) is 1.38. The molecule has 0 aromatic carbocycles. The van der Waals surface area contributed by atoms with Crippen LogP contribution in [0.1, 0.15) is 34.1 Å². The van der Waals surface area contributed by atoms with Crippen LogP contribution in [0, 0.1) is 11.3 Å². The summed E-state index contributed by atoms with van der Waals surface area (Å²) in [6, 6.07) is 2.08. The lowest BCUT2D eigenvalue weighted by Gasteiger charge is -2.38. The van der Waals surface area contributed by atoms with Gasteiger partial charge in [-0.15, -0.1) is 0 Å². The fraction of sp³-hybridized carbons (Fsp3) is 0.889. The lowest BCUT2D eigenvalue weighted by Crippen LogP contribution is -2.47. The van der Waals surface area contributed by atoms with E-state index in [1.54, 1.807) is 5.01 Å². The van der Waals surface area contributed by atoms with Crippen LogP contribution in [0.15, 0.2) is 0 Å². The highest BCUT2D eigenvalue weighted by Gasteiger charge is 2.28. The van der Waals surface area contributed by atoms with Crippen molar-refractivity contribution in [1.82, 2.24) is 9.95 Å². The summed E-state index contributed by atoms with van der Waals surface area (Å²) in [5.41, 5.74) is 0. The van der Waals surface area contributed by atoms with Crippen molar-refractivity contribution in [3.8, 4) is 6.07 Å². The maximum absolute atomic E-state index is 9.28. The minimum Gasteiger partial charge on any atom is -0.336 e. The molecular formula is C9H20N3O3P. The second-order valence-electron chi connectivity index (χ2n) is 3.83. The van der Waals surface area contributed by atoms with Gasteiger partial charge in [0.15, 0.2) is 0 Å². The molecule has 0 atom stereocenters. The predicted octanol–water partition coefficient (Wildman–Crippen LogP) is 1.38. The molecule has 94 valence electrons. The third kappa shape index (κ3) is 5.17. The first-order valence-corrected chi connectivity index (χ1v) is 6.37. The average molecular weight is 249 g/mol. The highest BCUT2D eigenvalue weighted by molar-refractivity contribution is 7.42. The van der Waals surface area contributed by atoms with Gasteiger partial charge in [0.2, 0.25) is 0 Å². The van der Waals surface area contributed by atoms with Crippen molar-refractivity contribution in [2.24, 2.45) is 0 Å². The van der Waals surface area contributed by atoms with E-state index in [4.69, 9.17) is 10.1 Å². The summed E-state index contributed by atoms with van der Waals surface area (Å²) in [7, 11) is -2.36. The second kappa shape index (κ2) is 7.91. The molecule has 0 rings (SSSR count). The molecule has 0 spiro atoms. The Bertz CT molecular complexity index is 223. The van der Waals surface area contributed by atoms with Crippen molar-refractivity contribution in [3.05, 3.63) is 0 Å². The Labute approximate surface area is 97.9 Å². The fourth-order valence-corrected chi connectivity index (χ4v) is 2.16. The van der Waals surface area contributed by atoms with Gasteiger partial charge >= 0.3 is 0 Å². The van der Waals surface area contributed by atoms with E-state index in [1.807, 2.05) is 33.8 Å². The highest BCUT2D eigenvalue weighted by Crippen LogP contribution is 2.34. The zero-order valence-electron chi connectivity index (χ0n) is 10.2. The summed E-state index contributed by atoms with van der Waals surface area (Å²) in [5, 5.41) is 10.1. The van der Waals surface area contributed by atoms with E-state index in [2.05, 4.69) is 0 Å². The number of hydrogen-bond donors (Lipinski definition) is 2. The average Bonchev–Trinajstić information content (AvgIpc) is 2.14. The second-order valence-corrected chi connectivity index (χ2v) is 4.71. The Morgan fingerprint density at radius 2 is 1.75 bits per heavy atom. The Hall–Kier alpha value is -0.280. The normalized spacial score (nSPS) is 12.1. The van der Waals surface area contributed by atoms with Crippen LogP contribution in [0.4, 0.5) is 0 Å². The van der Waals surface area contributed by atoms with Gasteiger partial charge in [-0.05, 0) is 32.6 Å². The summed E-state index contributed by atoms with van der Waals surface area (Å²) >= 11 is 0. The maximum Gasteiger partial charge on any atom is 0.294 e. The first kappa shape index (κ1) is 15.7. The molecule has 16 heavy (non-hydrogen) atoms.